The standard InChI is InChI=1S/C18H17FN2O2/c19-15-3-1-13(2-4-15)17-6-5-16(23-17)11-21-9-8-20-18(21)14-7-10-22-12-14/h1-6,8-9,14H,7,10-12H2/t14-/m1/s1. The Hall–Kier alpha value is -2.40. The molecule has 2 aromatic heterocycles. The fraction of sp³-hybridized carbons (Fsp3) is 0.278. The molecule has 0 unspecified atom stereocenters. The predicted molar refractivity (Wildman–Crippen MR) is 83.6 cm³/mol. The van der Waals surface area contributed by atoms with Gasteiger partial charge in [-0.2, -0.15) is 0 Å². The molecule has 1 atom stereocenters. The molecule has 0 N–H and O–H groups in total. The average Bonchev–Trinajstić information content (AvgIpc) is 3.29. The van der Waals surface area contributed by atoms with Crippen LogP contribution in [0.1, 0.15) is 23.9 Å². The number of rotatable bonds is 4. The fourth-order valence-corrected chi connectivity index (χ4v) is 2.95. The van der Waals surface area contributed by atoms with E-state index < -0.39 is 0 Å². The minimum atomic E-state index is -0.248. The van der Waals surface area contributed by atoms with Crippen molar-refractivity contribution in [2.45, 2.75) is 18.9 Å². The molecule has 0 spiro atoms. The second-order valence-electron chi connectivity index (χ2n) is 5.75. The van der Waals surface area contributed by atoms with Crippen molar-refractivity contribution in [2.24, 2.45) is 0 Å². The topological polar surface area (TPSA) is 40.2 Å². The third-order valence-corrected chi connectivity index (χ3v) is 4.16. The molecule has 0 bridgehead atoms. The van der Waals surface area contributed by atoms with Gasteiger partial charge >= 0.3 is 0 Å². The van der Waals surface area contributed by atoms with E-state index >= 15 is 0 Å². The van der Waals surface area contributed by atoms with Gasteiger partial charge in [-0.1, -0.05) is 0 Å². The monoisotopic (exact) mass is 312 g/mol. The van der Waals surface area contributed by atoms with E-state index in [2.05, 4.69) is 9.55 Å². The van der Waals surface area contributed by atoms with Crippen LogP contribution in [0.4, 0.5) is 4.39 Å². The second-order valence-corrected chi connectivity index (χ2v) is 5.75. The summed E-state index contributed by atoms with van der Waals surface area (Å²) in [4.78, 5) is 4.47. The number of ether oxygens (including phenoxy) is 1. The molecule has 1 aliphatic rings. The Bertz CT molecular complexity index is 785. The Balaban J connectivity index is 1.54. The molecular formula is C18H17FN2O2. The van der Waals surface area contributed by atoms with Crippen molar-refractivity contribution < 1.29 is 13.5 Å². The summed E-state index contributed by atoms with van der Waals surface area (Å²) in [6.45, 7) is 2.16. The lowest BCUT2D eigenvalue weighted by molar-refractivity contribution is 0.192. The summed E-state index contributed by atoms with van der Waals surface area (Å²) in [6.07, 6.45) is 4.79. The minimum Gasteiger partial charge on any atom is -0.459 e. The van der Waals surface area contributed by atoms with Gasteiger partial charge < -0.3 is 13.7 Å². The number of nitrogens with zero attached hydrogens (tertiary/aromatic N) is 2. The molecule has 1 fully saturated rings. The third kappa shape index (κ3) is 2.92. The first kappa shape index (κ1) is 14.2. The zero-order chi connectivity index (χ0) is 15.6. The molecule has 118 valence electrons. The number of imidazole rings is 1. The first-order valence-electron chi connectivity index (χ1n) is 7.73. The van der Waals surface area contributed by atoms with Crippen molar-refractivity contribution in [2.75, 3.05) is 13.2 Å². The molecule has 0 saturated carbocycles. The van der Waals surface area contributed by atoms with Crippen LogP contribution in [0.5, 0.6) is 0 Å². The molecule has 5 heteroatoms. The molecule has 1 aromatic carbocycles. The van der Waals surface area contributed by atoms with Crippen LogP contribution < -0.4 is 0 Å². The van der Waals surface area contributed by atoms with Gasteiger partial charge in [-0.25, -0.2) is 9.37 Å². The van der Waals surface area contributed by atoms with Gasteiger partial charge in [0.05, 0.1) is 13.2 Å². The van der Waals surface area contributed by atoms with Gasteiger partial charge in [0.25, 0.3) is 0 Å². The van der Waals surface area contributed by atoms with Crippen LogP contribution in [0.3, 0.4) is 0 Å². The highest BCUT2D eigenvalue weighted by molar-refractivity contribution is 5.57. The van der Waals surface area contributed by atoms with Gasteiger partial charge in [0.1, 0.15) is 23.2 Å². The van der Waals surface area contributed by atoms with Crippen LogP contribution in [-0.2, 0) is 11.3 Å². The Morgan fingerprint density at radius 2 is 2.04 bits per heavy atom. The molecule has 3 aromatic rings. The van der Waals surface area contributed by atoms with Gasteiger partial charge in [-0.05, 0) is 42.8 Å². The maximum absolute atomic E-state index is 13.0. The first-order valence-corrected chi connectivity index (χ1v) is 7.73. The van der Waals surface area contributed by atoms with Crippen molar-refractivity contribution in [3.05, 3.63) is 66.2 Å². The van der Waals surface area contributed by atoms with Crippen molar-refractivity contribution in [1.29, 1.82) is 0 Å². The summed E-state index contributed by atoms with van der Waals surface area (Å²) in [5.41, 5.74) is 0.868. The van der Waals surface area contributed by atoms with Crippen LogP contribution >= 0.6 is 0 Å². The summed E-state index contributed by atoms with van der Waals surface area (Å²) >= 11 is 0. The zero-order valence-corrected chi connectivity index (χ0v) is 12.6. The van der Waals surface area contributed by atoms with Gasteiger partial charge in [-0.15, -0.1) is 0 Å². The number of hydrogen-bond acceptors (Lipinski definition) is 3. The van der Waals surface area contributed by atoms with Gasteiger partial charge in [0, 0.05) is 30.5 Å². The van der Waals surface area contributed by atoms with E-state index in [-0.39, 0.29) is 5.82 Å². The summed E-state index contributed by atoms with van der Waals surface area (Å²) < 4.78 is 26.5. The number of benzene rings is 1. The Morgan fingerprint density at radius 1 is 1.17 bits per heavy atom. The number of hydrogen-bond donors (Lipinski definition) is 0. The summed E-state index contributed by atoms with van der Waals surface area (Å²) in [5, 5.41) is 0. The first-order chi connectivity index (χ1) is 11.3. The van der Waals surface area contributed by atoms with E-state index in [0.717, 1.165) is 42.5 Å². The largest absolute Gasteiger partial charge is 0.459 e. The molecule has 3 heterocycles. The molecule has 1 saturated heterocycles. The highest BCUT2D eigenvalue weighted by Gasteiger charge is 2.22. The van der Waals surface area contributed by atoms with Crippen molar-refractivity contribution in [1.82, 2.24) is 9.55 Å². The van der Waals surface area contributed by atoms with Crippen molar-refractivity contribution >= 4 is 0 Å². The molecule has 0 radical (unpaired) electrons. The maximum Gasteiger partial charge on any atom is 0.134 e. The smallest absolute Gasteiger partial charge is 0.134 e. The van der Waals surface area contributed by atoms with Crippen molar-refractivity contribution in [3.8, 4) is 11.3 Å². The maximum atomic E-state index is 13.0. The normalized spacial score (nSPS) is 17.7. The highest BCUT2D eigenvalue weighted by atomic mass is 19.1. The van der Waals surface area contributed by atoms with Crippen LogP contribution in [0.25, 0.3) is 11.3 Å². The van der Waals surface area contributed by atoms with E-state index in [1.165, 1.54) is 12.1 Å². The lowest BCUT2D eigenvalue weighted by atomic mass is 10.1. The van der Waals surface area contributed by atoms with Crippen LogP contribution in [0.15, 0.2) is 53.2 Å². The SMILES string of the molecule is Fc1ccc(-c2ccc(Cn3ccnc3[C@@H]3CCOC3)o2)cc1. The van der Waals surface area contributed by atoms with Crippen LogP contribution in [0.2, 0.25) is 0 Å². The van der Waals surface area contributed by atoms with Gasteiger partial charge in [0.15, 0.2) is 0 Å². The van der Waals surface area contributed by atoms with Crippen LogP contribution in [0, 0.1) is 5.82 Å². The average molecular weight is 312 g/mol. The molecule has 0 amide bonds. The number of aromatic nitrogens is 2. The van der Waals surface area contributed by atoms with Crippen molar-refractivity contribution in [3.63, 3.8) is 0 Å². The second kappa shape index (κ2) is 6.01. The highest BCUT2D eigenvalue weighted by Crippen LogP contribution is 2.26. The Kier molecular flexibility index (Phi) is 3.71. The third-order valence-electron chi connectivity index (χ3n) is 4.16. The minimum absolute atomic E-state index is 0.248. The van der Waals surface area contributed by atoms with Gasteiger partial charge in [0.2, 0.25) is 0 Å². The van der Waals surface area contributed by atoms with Gasteiger partial charge in [-0.3, -0.25) is 0 Å². The van der Waals surface area contributed by atoms with E-state index in [9.17, 15) is 4.39 Å². The quantitative estimate of drug-likeness (QED) is 0.735. The molecular weight excluding hydrogens is 295 g/mol. The van der Waals surface area contributed by atoms with E-state index in [1.807, 2.05) is 24.5 Å². The predicted octanol–water partition coefficient (Wildman–Crippen LogP) is 3.83. The molecule has 4 rings (SSSR count). The number of furan rings is 1. The molecule has 4 nitrogen and oxygen atoms in total. The fourth-order valence-electron chi connectivity index (χ4n) is 2.95. The summed E-state index contributed by atoms with van der Waals surface area (Å²) in [5.74, 6) is 2.74. The zero-order valence-electron chi connectivity index (χ0n) is 12.6. The number of halogens is 1. The lowest BCUT2D eigenvalue weighted by Crippen LogP contribution is -2.09. The van der Waals surface area contributed by atoms with E-state index in [0.29, 0.717) is 12.5 Å². The van der Waals surface area contributed by atoms with E-state index in [1.54, 1.807) is 12.1 Å². The summed E-state index contributed by atoms with van der Waals surface area (Å²) in [6, 6.07) is 10.2. The molecule has 0 aliphatic carbocycles. The Labute approximate surface area is 133 Å². The van der Waals surface area contributed by atoms with E-state index in [4.69, 9.17) is 9.15 Å². The lowest BCUT2D eigenvalue weighted by Gasteiger charge is -2.10. The van der Waals surface area contributed by atoms with Crippen LogP contribution in [-0.4, -0.2) is 22.8 Å². The molecule has 23 heavy (non-hydrogen) atoms. The summed E-state index contributed by atoms with van der Waals surface area (Å²) in [7, 11) is 0. The molecule has 1 aliphatic heterocycles. The Morgan fingerprint density at radius 3 is 2.83 bits per heavy atom.